The van der Waals surface area contributed by atoms with Gasteiger partial charge >= 0.3 is 0 Å². The van der Waals surface area contributed by atoms with Gasteiger partial charge in [0.2, 0.25) is 5.91 Å². The van der Waals surface area contributed by atoms with E-state index in [1.54, 1.807) is 25.1 Å². The summed E-state index contributed by atoms with van der Waals surface area (Å²) in [6.07, 6.45) is 1.36. The summed E-state index contributed by atoms with van der Waals surface area (Å²) in [7, 11) is 0. The molecule has 0 saturated heterocycles. The van der Waals surface area contributed by atoms with Crippen LogP contribution in [0, 0.1) is 6.92 Å². The van der Waals surface area contributed by atoms with Crippen molar-refractivity contribution in [2.75, 3.05) is 6.54 Å². The van der Waals surface area contributed by atoms with Gasteiger partial charge in [0.05, 0.1) is 18.7 Å². The Morgan fingerprint density at radius 1 is 0.933 bits per heavy atom. The summed E-state index contributed by atoms with van der Waals surface area (Å²) in [6, 6.07) is 24.1. The minimum absolute atomic E-state index is 0.109. The average Bonchev–Trinajstić information content (AvgIpc) is 2.77. The van der Waals surface area contributed by atoms with Crippen molar-refractivity contribution in [3.05, 3.63) is 101 Å². The lowest BCUT2D eigenvalue weighted by Gasteiger charge is -2.17. The van der Waals surface area contributed by atoms with Crippen LogP contribution in [0.4, 0.5) is 0 Å². The zero-order valence-electron chi connectivity index (χ0n) is 16.6. The molecule has 0 aromatic heterocycles. The Morgan fingerprint density at radius 3 is 2.13 bits per heavy atom. The Bertz CT molecular complexity index is 995. The lowest BCUT2D eigenvalue weighted by Crippen LogP contribution is -2.37. The molecule has 3 N–H and O–H groups in total. The van der Waals surface area contributed by atoms with Crippen molar-refractivity contribution in [3.63, 3.8) is 0 Å². The van der Waals surface area contributed by atoms with Gasteiger partial charge in [-0.05, 0) is 29.7 Å². The predicted molar refractivity (Wildman–Crippen MR) is 116 cm³/mol. The Labute approximate surface area is 175 Å². The Hall–Kier alpha value is -3.93. The monoisotopic (exact) mass is 401 g/mol. The number of hydrazone groups is 1. The summed E-state index contributed by atoms with van der Waals surface area (Å²) in [6.45, 7) is 1.56. The van der Waals surface area contributed by atoms with E-state index < -0.39 is 11.8 Å². The van der Waals surface area contributed by atoms with E-state index in [1.807, 2.05) is 60.7 Å². The molecule has 0 unspecified atom stereocenters. The van der Waals surface area contributed by atoms with Crippen molar-refractivity contribution in [2.45, 2.75) is 12.8 Å². The van der Waals surface area contributed by atoms with Crippen LogP contribution < -0.4 is 10.7 Å². The number of hydrogen-bond acceptors (Lipinski definition) is 4. The summed E-state index contributed by atoms with van der Waals surface area (Å²) >= 11 is 0. The maximum absolute atomic E-state index is 12.9. The number of carbonyl (C=O) groups excluding carboxylic acids is 2. The van der Waals surface area contributed by atoms with Gasteiger partial charge in [0.15, 0.2) is 0 Å². The standard InChI is InChI=1S/C24H23N3O3/c1-17-9-8-14-20(23(17)29)15-26-27-21(28)16-25-24(30)22(18-10-4-2-5-11-18)19-12-6-3-7-13-19/h2-15,22,29H,16H2,1H3,(H,25,30)(H,27,28)/b26-15+. The summed E-state index contributed by atoms with van der Waals surface area (Å²) in [4.78, 5) is 24.9. The molecule has 2 amide bonds. The van der Waals surface area contributed by atoms with E-state index >= 15 is 0 Å². The zero-order chi connectivity index (χ0) is 21.3. The summed E-state index contributed by atoms with van der Waals surface area (Å²) < 4.78 is 0. The smallest absolute Gasteiger partial charge is 0.259 e. The van der Waals surface area contributed by atoms with Gasteiger partial charge in [-0.15, -0.1) is 0 Å². The van der Waals surface area contributed by atoms with Crippen LogP contribution in [0.15, 0.2) is 84.0 Å². The predicted octanol–water partition coefficient (Wildman–Crippen LogP) is 3.10. The van der Waals surface area contributed by atoms with Gasteiger partial charge < -0.3 is 10.4 Å². The van der Waals surface area contributed by atoms with E-state index in [0.29, 0.717) is 11.1 Å². The molecule has 3 aromatic carbocycles. The SMILES string of the molecule is Cc1cccc(/C=N/NC(=O)CNC(=O)C(c2ccccc2)c2ccccc2)c1O. The molecule has 0 aliphatic carbocycles. The highest BCUT2D eigenvalue weighted by molar-refractivity contribution is 5.91. The van der Waals surface area contributed by atoms with Gasteiger partial charge in [0.25, 0.3) is 5.91 Å². The minimum Gasteiger partial charge on any atom is -0.507 e. The van der Waals surface area contributed by atoms with Crippen LogP contribution in [-0.4, -0.2) is 29.7 Å². The van der Waals surface area contributed by atoms with Crippen molar-refractivity contribution in [3.8, 4) is 5.75 Å². The molecule has 0 heterocycles. The molecule has 0 fully saturated rings. The second-order valence-electron chi connectivity index (χ2n) is 6.78. The Balaban J connectivity index is 1.62. The van der Waals surface area contributed by atoms with Crippen LogP contribution in [0.3, 0.4) is 0 Å². The van der Waals surface area contributed by atoms with Crippen LogP contribution in [0.2, 0.25) is 0 Å². The number of amides is 2. The average molecular weight is 401 g/mol. The van der Waals surface area contributed by atoms with E-state index in [2.05, 4.69) is 15.8 Å². The van der Waals surface area contributed by atoms with Gasteiger partial charge in [-0.25, -0.2) is 5.43 Å². The van der Waals surface area contributed by atoms with Gasteiger partial charge in [0.1, 0.15) is 5.75 Å². The number of hydrogen-bond donors (Lipinski definition) is 3. The first-order chi connectivity index (χ1) is 14.6. The summed E-state index contributed by atoms with van der Waals surface area (Å²) in [5.41, 5.74) is 5.25. The Kier molecular flexibility index (Phi) is 6.95. The number of aromatic hydroxyl groups is 1. The van der Waals surface area contributed by atoms with Crippen LogP contribution in [-0.2, 0) is 9.59 Å². The maximum Gasteiger partial charge on any atom is 0.259 e. The number of rotatable bonds is 7. The highest BCUT2D eigenvalue weighted by atomic mass is 16.3. The van der Waals surface area contributed by atoms with Crippen LogP contribution in [0.25, 0.3) is 0 Å². The molecule has 0 aliphatic heterocycles. The number of aryl methyl sites for hydroxylation is 1. The van der Waals surface area contributed by atoms with E-state index in [4.69, 9.17) is 0 Å². The second kappa shape index (κ2) is 10.0. The largest absolute Gasteiger partial charge is 0.507 e. The molecule has 0 aliphatic rings. The fraction of sp³-hybridized carbons (Fsp3) is 0.125. The van der Waals surface area contributed by atoms with Crippen molar-refractivity contribution in [2.24, 2.45) is 5.10 Å². The highest BCUT2D eigenvalue weighted by Gasteiger charge is 2.22. The number of para-hydroxylation sites is 1. The first kappa shape index (κ1) is 20.8. The third-order valence-corrected chi connectivity index (χ3v) is 4.61. The molecule has 6 nitrogen and oxygen atoms in total. The molecule has 0 radical (unpaired) electrons. The first-order valence-corrected chi connectivity index (χ1v) is 9.54. The van der Waals surface area contributed by atoms with Gasteiger partial charge in [-0.3, -0.25) is 9.59 Å². The third-order valence-electron chi connectivity index (χ3n) is 4.61. The fourth-order valence-corrected chi connectivity index (χ4v) is 3.05. The number of phenols is 1. The van der Waals surface area contributed by atoms with E-state index in [-0.39, 0.29) is 18.2 Å². The van der Waals surface area contributed by atoms with Crippen molar-refractivity contribution in [1.82, 2.24) is 10.7 Å². The van der Waals surface area contributed by atoms with Crippen LogP contribution in [0.1, 0.15) is 28.2 Å². The quantitative estimate of drug-likeness (QED) is 0.420. The molecule has 0 saturated carbocycles. The fourth-order valence-electron chi connectivity index (χ4n) is 3.05. The first-order valence-electron chi connectivity index (χ1n) is 9.54. The van der Waals surface area contributed by atoms with E-state index in [0.717, 1.165) is 11.1 Å². The molecule has 3 rings (SSSR count). The molecule has 0 spiro atoms. The van der Waals surface area contributed by atoms with Gasteiger partial charge in [0, 0.05) is 5.56 Å². The topological polar surface area (TPSA) is 90.8 Å². The number of phenolic OH excluding ortho intramolecular Hbond substituents is 1. The van der Waals surface area contributed by atoms with Crippen LogP contribution >= 0.6 is 0 Å². The molecule has 152 valence electrons. The normalized spacial score (nSPS) is 10.9. The molecular formula is C24H23N3O3. The summed E-state index contributed by atoms with van der Waals surface area (Å²) in [5, 5.41) is 16.5. The minimum atomic E-state index is -0.520. The van der Waals surface area contributed by atoms with E-state index in [1.165, 1.54) is 6.21 Å². The lowest BCUT2D eigenvalue weighted by molar-refractivity contribution is -0.126. The Morgan fingerprint density at radius 2 is 1.53 bits per heavy atom. The van der Waals surface area contributed by atoms with Crippen LogP contribution in [0.5, 0.6) is 5.75 Å². The summed E-state index contributed by atoms with van der Waals surface area (Å²) in [5.74, 6) is -1.15. The van der Waals surface area contributed by atoms with Gasteiger partial charge in [-0.2, -0.15) is 5.10 Å². The molecule has 6 heteroatoms. The molecule has 3 aromatic rings. The molecule has 30 heavy (non-hydrogen) atoms. The highest BCUT2D eigenvalue weighted by Crippen LogP contribution is 2.24. The van der Waals surface area contributed by atoms with Crippen molar-refractivity contribution >= 4 is 18.0 Å². The molecule has 0 bridgehead atoms. The second-order valence-corrected chi connectivity index (χ2v) is 6.78. The van der Waals surface area contributed by atoms with Crippen molar-refractivity contribution < 1.29 is 14.7 Å². The third kappa shape index (κ3) is 5.32. The number of nitrogens with one attached hydrogen (secondary N) is 2. The number of carbonyl (C=O) groups is 2. The lowest BCUT2D eigenvalue weighted by atomic mass is 9.90. The maximum atomic E-state index is 12.9. The molecule has 0 atom stereocenters. The number of nitrogens with zero attached hydrogens (tertiary/aromatic N) is 1. The number of benzene rings is 3. The molecular weight excluding hydrogens is 378 g/mol. The van der Waals surface area contributed by atoms with E-state index in [9.17, 15) is 14.7 Å². The zero-order valence-corrected chi connectivity index (χ0v) is 16.6. The van der Waals surface area contributed by atoms with Gasteiger partial charge in [-0.1, -0.05) is 72.8 Å². The van der Waals surface area contributed by atoms with Crippen molar-refractivity contribution in [1.29, 1.82) is 0 Å².